The molecule has 1 aromatic heterocycles. The Hall–Kier alpha value is -2.83. The Kier molecular flexibility index (Phi) is 6.56. The summed E-state index contributed by atoms with van der Waals surface area (Å²) >= 11 is 0. The lowest BCUT2D eigenvalue weighted by molar-refractivity contribution is -0.120. The van der Waals surface area contributed by atoms with Gasteiger partial charge in [0.15, 0.2) is 0 Å². The molecule has 0 saturated carbocycles. The van der Waals surface area contributed by atoms with E-state index in [2.05, 4.69) is 15.3 Å². The summed E-state index contributed by atoms with van der Waals surface area (Å²) < 4.78 is 10.9. The van der Waals surface area contributed by atoms with Crippen LogP contribution in [0.15, 0.2) is 29.1 Å². The van der Waals surface area contributed by atoms with Gasteiger partial charge in [-0.3, -0.25) is 4.79 Å². The summed E-state index contributed by atoms with van der Waals surface area (Å²) in [5.74, 6) is 1.37. The molecule has 0 atom stereocenters. The molecule has 0 radical (unpaired) electrons. The molecule has 2 N–H and O–H groups in total. The second-order valence-corrected chi connectivity index (χ2v) is 5.51. The van der Waals surface area contributed by atoms with Gasteiger partial charge in [-0.15, -0.1) is 0 Å². The summed E-state index contributed by atoms with van der Waals surface area (Å²) in [5, 5.41) is 2.79. The number of ether oxygens (including phenoxy) is 2. The van der Waals surface area contributed by atoms with Crippen LogP contribution in [0.4, 0.5) is 0 Å². The van der Waals surface area contributed by atoms with Gasteiger partial charge >= 0.3 is 5.69 Å². The maximum absolute atomic E-state index is 12.0. The zero-order chi connectivity index (χ0) is 18.2. The largest absolute Gasteiger partial charge is 0.494 e. The highest BCUT2D eigenvalue weighted by Gasteiger charge is 2.10. The standard InChI is InChI=1S/C18H23N3O4/c1-4-24-14-5-7-15(8-6-14)25-10-9-19-17(22)11-16-12(2)20-18(23)21-13(16)3/h5-8H,4,9-11H2,1-3H3,(H,19,22)(H,20,21,23). The van der Waals surface area contributed by atoms with Crippen molar-refractivity contribution >= 4 is 5.91 Å². The van der Waals surface area contributed by atoms with Crippen molar-refractivity contribution < 1.29 is 14.3 Å². The molecule has 25 heavy (non-hydrogen) atoms. The average molecular weight is 345 g/mol. The molecule has 0 bridgehead atoms. The van der Waals surface area contributed by atoms with Crippen LogP contribution in [0.3, 0.4) is 0 Å². The second kappa shape index (κ2) is 8.86. The number of nitrogens with zero attached hydrogens (tertiary/aromatic N) is 1. The monoisotopic (exact) mass is 345 g/mol. The number of aromatic amines is 1. The molecular formula is C18H23N3O4. The average Bonchev–Trinajstić information content (AvgIpc) is 2.56. The maximum Gasteiger partial charge on any atom is 0.345 e. The van der Waals surface area contributed by atoms with Crippen molar-refractivity contribution in [2.45, 2.75) is 27.2 Å². The number of H-pyrrole nitrogens is 1. The number of aryl methyl sites for hydroxylation is 2. The van der Waals surface area contributed by atoms with Crippen LogP contribution in [-0.4, -0.2) is 35.6 Å². The Labute approximate surface area is 146 Å². The number of benzene rings is 1. The van der Waals surface area contributed by atoms with E-state index in [9.17, 15) is 9.59 Å². The summed E-state index contributed by atoms with van der Waals surface area (Å²) in [6, 6.07) is 7.33. The van der Waals surface area contributed by atoms with Crippen molar-refractivity contribution in [3.05, 3.63) is 51.7 Å². The van der Waals surface area contributed by atoms with Crippen LogP contribution >= 0.6 is 0 Å². The van der Waals surface area contributed by atoms with E-state index in [1.165, 1.54) is 0 Å². The number of amides is 1. The second-order valence-electron chi connectivity index (χ2n) is 5.51. The zero-order valence-electron chi connectivity index (χ0n) is 14.7. The molecule has 1 heterocycles. The molecule has 2 rings (SSSR count). The lowest BCUT2D eigenvalue weighted by Crippen LogP contribution is -2.30. The van der Waals surface area contributed by atoms with Gasteiger partial charge in [0, 0.05) is 17.0 Å². The van der Waals surface area contributed by atoms with Crippen LogP contribution in [0.1, 0.15) is 23.9 Å². The number of nitrogens with one attached hydrogen (secondary N) is 2. The topological polar surface area (TPSA) is 93.3 Å². The number of rotatable bonds is 8. The van der Waals surface area contributed by atoms with E-state index in [1.54, 1.807) is 13.8 Å². The minimum atomic E-state index is -0.400. The van der Waals surface area contributed by atoms with E-state index in [-0.39, 0.29) is 12.3 Å². The van der Waals surface area contributed by atoms with Crippen molar-refractivity contribution in [2.24, 2.45) is 0 Å². The molecule has 0 aliphatic heterocycles. The molecule has 1 aromatic carbocycles. The first-order valence-electron chi connectivity index (χ1n) is 8.18. The van der Waals surface area contributed by atoms with Crippen LogP contribution in [0.5, 0.6) is 11.5 Å². The Bertz CT molecular complexity index is 743. The first-order chi connectivity index (χ1) is 12.0. The molecule has 0 spiro atoms. The smallest absolute Gasteiger partial charge is 0.345 e. The first-order valence-corrected chi connectivity index (χ1v) is 8.18. The quantitative estimate of drug-likeness (QED) is 0.708. The van der Waals surface area contributed by atoms with Gasteiger partial charge in [0.1, 0.15) is 18.1 Å². The van der Waals surface area contributed by atoms with Gasteiger partial charge in [-0.05, 0) is 45.0 Å². The summed E-state index contributed by atoms with van der Waals surface area (Å²) in [5.41, 5.74) is 1.58. The maximum atomic E-state index is 12.0. The van der Waals surface area contributed by atoms with Gasteiger partial charge < -0.3 is 19.8 Å². The van der Waals surface area contributed by atoms with Crippen molar-refractivity contribution in [2.75, 3.05) is 19.8 Å². The van der Waals surface area contributed by atoms with Gasteiger partial charge in [-0.1, -0.05) is 0 Å². The molecule has 0 fully saturated rings. The minimum Gasteiger partial charge on any atom is -0.494 e. The summed E-state index contributed by atoms with van der Waals surface area (Å²) in [7, 11) is 0. The van der Waals surface area contributed by atoms with Crippen molar-refractivity contribution in [1.29, 1.82) is 0 Å². The van der Waals surface area contributed by atoms with Gasteiger partial charge in [-0.25, -0.2) is 4.79 Å². The van der Waals surface area contributed by atoms with Gasteiger partial charge in [-0.2, -0.15) is 4.98 Å². The van der Waals surface area contributed by atoms with Crippen LogP contribution in [0, 0.1) is 13.8 Å². The molecule has 0 aliphatic carbocycles. The lowest BCUT2D eigenvalue weighted by Gasteiger charge is -2.10. The van der Waals surface area contributed by atoms with E-state index in [0.717, 1.165) is 11.3 Å². The van der Waals surface area contributed by atoms with Gasteiger partial charge in [0.2, 0.25) is 5.91 Å². The number of carbonyl (C=O) groups excluding carboxylic acids is 1. The third kappa shape index (κ3) is 5.63. The highest BCUT2D eigenvalue weighted by Crippen LogP contribution is 2.17. The fourth-order valence-electron chi connectivity index (χ4n) is 2.40. The number of aromatic nitrogens is 2. The highest BCUT2D eigenvalue weighted by atomic mass is 16.5. The van der Waals surface area contributed by atoms with Crippen molar-refractivity contribution in [3.63, 3.8) is 0 Å². The molecule has 7 nitrogen and oxygen atoms in total. The number of carbonyl (C=O) groups is 1. The Morgan fingerprint density at radius 2 is 1.80 bits per heavy atom. The van der Waals surface area contributed by atoms with Gasteiger partial charge in [0.25, 0.3) is 0 Å². The normalized spacial score (nSPS) is 10.4. The van der Waals surface area contributed by atoms with Crippen LogP contribution in [0.25, 0.3) is 0 Å². The first kappa shape index (κ1) is 18.5. The van der Waals surface area contributed by atoms with Crippen LogP contribution < -0.4 is 20.5 Å². The van der Waals surface area contributed by atoms with Crippen molar-refractivity contribution in [1.82, 2.24) is 15.3 Å². The molecule has 134 valence electrons. The van der Waals surface area contributed by atoms with E-state index in [0.29, 0.717) is 36.9 Å². The molecule has 2 aromatic rings. The predicted molar refractivity (Wildman–Crippen MR) is 94.2 cm³/mol. The molecule has 7 heteroatoms. The SMILES string of the molecule is CCOc1ccc(OCCNC(=O)Cc2c(C)nc(=O)[nH]c2C)cc1. The Morgan fingerprint density at radius 1 is 1.16 bits per heavy atom. The van der Waals surface area contributed by atoms with E-state index in [1.807, 2.05) is 31.2 Å². The van der Waals surface area contributed by atoms with E-state index < -0.39 is 5.69 Å². The minimum absolute atomic E-state index is 0.143. The molecule has 1 amide bonds. The van der Waals surface area contributed by atoms with Crippen LogP contribution in [0.2, 0.25) is 0 Å². The third-order valence-electron chi connectivity index (χ3n) is 3.62. The highest BCUT2D eigenvalue weighted by molar-refractivity contribution is 5.79. The van der Waals surface area contributed by atoms with E-state index in [4.69, 9.17) is 9.47 Å². The molecule has 0 aliphatic rings. The lowest BCUT2D eigenvalue weighted by atomic mass is 10.1. The third-order valence-corrected chi connectivity index (χ3v) is 3.62. The zero-order valence-corrected chi connectivity index (χ0v) is 14.7. The van der Waals surface area contributed by atoms with Gasteiger partial charge in [0.05, 0.1) is 19.6 Å². The number of hydrogen-bond acceptors (Lipinski definition) is 5. The molecule has 0 saturated heterocycles. The Balaban J connectivity index is 1.76. The fourth-order valence-corrected chi connectivity index (χ4v) is 2.40. The fraction of sp³-hybridized carbons (Fsp3) is 0.389. The molecular weight excluding hydrogens is 322 g/mol. The van der Waals surface area contributed by atoms with Crippen molar-refractivity contribution in [3.8, 4) is 11.5 Å². The Morgan fingerprint density at radius 3 is 2.40 bits per heavy atom. The van der Waals surface area contributed by atoms with E-state index >= 15 is 0 Å². The number of hydrogen-bond donors (Lipinski definition) is 2. The molecule has 0 unspecified atom stereocenters. The summed E-state index contributed by atoms with van der Waals surface area (Å²) in [6.07, 6.45) is 0.171. The predicted octanol–water partition coefficient (Wildman–Crippen LogP) is 1.52. The summed E-state index contributed by atoms with van der Waals surface area (Å²) in [6.45, 7) is 6.78. The summed E-state index contributed by atoms with van der Waals surface area (Å²) in [4.78, 5) is 29.7. The van der Waals surface area contributed by atoms with Crippen LogP contribution in [-0.2, 0) is 11.2 Å².